The van der Waals surface area contributed by atoms with Gasteiger partial charge in [0.05, 0.1) is 18.3 Å². The zero-order chi connectivity index (χ0) is 22.9. The first-order chi connectivity index (χ1) is 16.0. The Morgan fingerprint density at radius 2 is 1.85 bits per heavy atom. The standard InChI is InChI=1S/C27H33N3O3/c1-18-10-11-25-24(16-18)30(17-19(2)33-25)27(32)29-14-12-21(13-15-29)26(31)28-23-9-5-7-20-6-3-4-8-22(20)23/h3-4,6,8,10-11,16,19,21,23H,5,7,9,12-15,17H2,1-2H3,(H,28,31)/t19-,23+/m1/s1. The number of anilines is 1. The molecule has 2 aromatic carbocycles. The number of likely N-dealkylation sites (tertiary alicyclic amines) is 1. The van der Waals surface area contributed by atoms with Gasteiger partial charge >= 0.3 is 6.03 Å². The molecule has 1 saturated heterocycles. The first kappa shape index (κ1) is 21.8. The van der Waals surface area contributed by atoms with Crippen molar-refractivity contribution in [3.05, 3.63) is 59.2 Å². The Bertz CT molecular complexity index is 1040. The summed E-state index contributed by atoms with van der Waals surface area (Å²) in [6.07, 6.45) is 4.54. The molecule has 0 bridgehead atoms. The summed E-state index contributed by atoms with van der Waals surface area (Å²) in [7, 11) is 0. The molecule has 2 atom stereocenters. The average Bonchev–Trinajstić information content (AvgIpc) is 2.83. The summed E-state index contributed by atoms with van der Waals surface area (Å²) >= 11 is 0. The number of carbonyl (C=O) groups is 2. The summed E-state index contributed by atoms with van der Waals surface area (Å²) < 4.78 is 5.93. The minimum absolute atomic E-state index is 0.0112. The van der Waals surface area contributed by atoms with Crippen molar-refractivity contribution in [2.45, 2.75) is 58.1 Å². The largest absolute Gasteiger partial charge is 0.487 e. The summed E-state index contributed by atoms with van der Waals surface area (Å²) in [4.78, 5) is 30.2. The predicted molar refractivity (Wildman–Crippen MR) is 129 cm³/mol. The van der Waals surface area contributed by atoms with Crippen LogP contribution in [0.4, 0.5) is 10.5 Å². The van der Waals surface area contributed by atoms with Gasteiger partial charge in [-0.1, -0.05) is 30.3 Å². The highest BCUT2D eigenvalue weighted by atomic mass is 16.5. The van der Waals surface area contributed by atoms with Gasteiger partial charge in [0.1, 0.15) is 11.9 Å². The Morgan fingerprint density at radius 1 is 1.06 bits per heavy atom. The van der Waals surface area contributed by atoms with Crippen LogP contribution < -0.4 is 15.0 Å². The maximum absolute atomic E-state index is 13.4. The van der Waals surface area contributed by atoms with Crippen LogP contribution in [0.15, 0.2) is 42.5 Å². The van der Waals surface area contributed by atoms with Crippen LogP contribution in [0.5, 0.6) is 5.75 Å². The highest BCUT2D eigenvalue weighted by Crippen LogP contribution is 2.35. The summed E-state index contributed by atoms with van der Waals surface area (Å²) in [6.45, 7) is 5.76. The lowest BCUT2D eigenvalue weighted by atomic mass is 9.87. The number of nitrogens with zero attached hydrogens (tertiary/aromatic N) is 2. The second kappa shape index (κ2) is 9.08. The van der Waals surface area contributed by atoms with Crippen LogP contribution in [0.1, 0.15) is 55.3 Å². The molecule has 0 aromatic heterocycles. The van der Waals surface area contributed by atoms with Crippen LogP contribution in [-0.4, -0.2) is 42.6 Å². The molecule has 6 heteroatoms. The van der Waals surface area contributed by atoms with Gasteiger partial charge in [-0.3, -0.25) is 9.69 Å². The van der Waals surface area contributed by atoms with Crippen LogP contribution in [0.25, 0.3) is 0 Å². The Morgan fingerprint density at radius 3 is 2.67 bits per heavy atom. The Kier molecular flexibility index (Phi) is 6.00. The number of rotatable bonds is 2. The molecule has 6 nitrogen and oxygen atoms in total. The average molecular weight is 448 g/mol. The molecule has 0 unspecified atom stereocenters. The summed E-state index contributed by atoms with van der Waals surface area (Å²) in [5.74, 6) is 0.848. The van der Waals surface area contributed by atoms with Crippen LogP contribution >= 0.6 is 0 Å². The third-order valence-electron chi connectivity index (χ3n) is 7.23. The lowest BCUT2D eigenvalue weighted by Gasteiger charge is -2.39. The fourth-order valence-corrected chi connectivity index (χ4v) is 5.43. The van der Waals surface area contributed by atoms with Crippen LogP contribution in [0.3, 0.4) is 0 Å². The van der Waals surface area contributed by atoms with Gasteiger partial charge in [0.2, 0.25) is 5.91 Å². The van der Waals surface area contributed by atoms with Crippen LogP contribution in [0.2, 0.25) is 0 Å². The Labute approximate surface area is 195 Å². The van der Waals surface area contributed by atoms with Gasteiger partial charge in [-0.2, -0.15) is 0 Å². The van der Waals surface area contributed by atoms with E-state index >= 15 is 0 Å². The van der Waals surface area contributed by atoms with E-state index in [9.17, 15) is 9.59 Å². The van der Waals surface area contributed by atoms with E-state index in [1.807, 2.05) is 41.8 Å². The quantitative estimate of drug-likeness (QED) is 0.731. The molecule has 33 heavy (non-hydrogen) atoms. The van der Waals surface area contributed by atoms with Gasteiger partial charge in [-0.25, -0.2) is 4.79 Å². The topological polar surface area (TPSA) is 61.9 Å². The molecular formula is C27H33N3O3. The van der Waals surface area contributed by atoms with Crippen molar-refractivity contribution in [1.29, 1.82) is 0 Å². The normalized spacial score (nSPS) is 22.7. The molecule has 5 rings (SSSR count). The number of urea groups is 1. The zero-order valence-electron chi connectivity index (χ0n) is 19.5. The first-order valence-electron chi connectivity index (χ1n) is 12.2. The van der Waals surface area contributed by atoms with E-state index < -0.39 is 0 Å². The zero-order valence-corrected chi connectivity index (χ0v) is 19.5. The van der Waals surface area contributed by atoms with Crippen molar-refractivity contribution >= 4 is 17.6 Å². The smallest absolute Gasteiger partial charge is 0.324 e. The van der Waals surface area contributed by atoms with E-state index in [0.29, 0.717) is 32.5 Å². The molecule has 3 aliphatic rings. The van der Waals surface area contributed by atoms with Crippen LogP contribution in [0, 0.1) is 12.8 Å². The maximum atomic E-state index is 13.4. The molecule has 2 heterocycles. The molecule has 174 valence electrons. The van der Waals surface area contributed by atoms with Crippen molar-refractivity contribution in [2.24, 2.45) is 5.92 Å². The van der Waals surface area contributed by atoms with E-state index in [0.717, 1.165) is 36.3 Å². The number of piperidine rings is 1. The lowest BCUT2D eigenvalue weighted by molar-refractivity contribution is -0.127. The number of fused-ring (bicyclic) bond motifs is 2. The van der Waals surface area contributed by atoms with Gasteiger partial charge in [0.25, 0.3) is 0 Å². The number of ether oxygens (including phenoxy) is 1. The molecular weight excluding hydrogens is 414 g/mol. The lowest BCUT2D eigenvalue weighted by Crippen LogP contribution is -2.52. The molecule has 0 saturated carbocycles. The second-order valence-electron chi connectivity index (χ2n) is 9.71. The van der Waals surface area contributed by atoms with Crippen molar-refractivity contribution in [2.75, 3.05) is 24.5 Å². The van der Waals surface area contributed by atoms with Gasteiger partial charge in [-0.05, 0) is 74.8 Å². The van der Waals surface area contributed by atoms with E-state index in [1.165, 1.54) is 11.1 Å². The van der Waals surface area contributed by atoms with Crippen molar-refractivity contribution in [1.82, 2.24) is 10.2 Å². The van der Waals surface area contributed by atoms with Crippen LogP contribution in [-0.2, 0) is 11.2 Å². The van der Waals surface area contributed by atoms with Gasteiger partial charge in [0.15, 0.2) is 0 Å². The Hall–Kier alpha value is -3.02. The first-order valence-corrected chi connectivity index (χ1v) is 12.2. The second-order valence-corrected chi connectivity index (χ2v) is 9.71. The van der Waals surface area contributed by atoms with E-state index in [4.69, 9.17) is 4.74 Å². The third kappa shape index (κ3) is 4.43. The fraction of sp³-hybridized carbons (Fsp3) is 0.481. The molecule has 2 aromatic rings. The number of hydrogen-bond acceptors (Lipinski definition) is 3. The summed E-state index contributed by atoms with van der Waals surface area (Å²) in [5, 5.41) is 3.31. The van der Waals surface area contributed by atoms with Gasteiger partial charge < -0.3 is 15.0 Å². The van der Waals surface area contributed by atoms with Gasteiger partial charge in [-0.15, -0.1) is 0 Å². The highest BCUT2D eigenvalue weighted by molar-refractivity contribution is 5.94. The van der Waals surface area contributed by atoms with E-state index in [2.05, 4.69) is 29.6 Å². The number of aryl methyl sites for hydroxylation is 2. The van der Waals surface area contributed by atoms with Gasteiger partial charge in [0, 0.05) is 19.0 Å². The minimum atomic E-state index is -0.0501. The SMILES string of the molecule is Cc1ccc2c(c1)N(C(=O)N1CCC(C(=O)N[C@H]3CCCc4ccccc43)CC1)C[C@@H](C)O2. The number of carbonyl (C=O) groups excluding carboxylic acids is 2. The minimum Gasteiger partial charge on any atom is -0.487 e. The summed E-state index contributed by atoms with van der Waals surface area (Å²) in [5.41, 5.74) is 4.56. The third-order valence-corrected chi connectivity index (χ3v) is 7.23. The van der Waals surface area contributed by atoms with Crippen molar-refractivity contribution in [3.63, 3.8) is 0 Å². The van der Waals surface area contributed by atoms with E-state index in [-0.39, 0.29) is 30.0 Å². The van der Waals surface area contributed by atoms with E-state index in [1.54, 1.807) is 0 Å². The molecule has 0 radical (unpaired) electrons. The van der Waals surface area contributed by atoms with Crippen molar-refractivity contribution in [3.8, 4) is 5.75 Å². The molecule has 1 fully saturated rings. The van der Waals surface area contributed by atoms with Crippen molar-refractivity contribution < 1.29 is 14.3 Å². The number of nitrogens with one attached hydrogen (secondary N) is 1. The number of amides is 3. The fourth-order valence-electron chi connectivity index (χ4n) is 5.43. The molecule has 1 N–H and O–H groups in total. The maximum Gasteiger partial charge on any atom is 0.324 e. The number of benzene rings is 2. The number of hydrogen-bond donors (Lipinski definition) is 1. The molecule has 2 aliphatic heterocycles. The predicted octanol–water partition coefficient (Wildman–Crippen LogP) is 4.61. The molecule has 1 aliphatic carbocycles. The monoisotopic (exact) mass is 447 g/mol. The Balaban J connectivity index is 1.21. The molecule has 3 amide bonds. The highest BCUT2D eigenvalue weighted by Gasteiger charge is 2.34. The molecule has 0 spiro atoms. The summed E-state index contributed by atoms with van der Waals surface area (Å²) in [6, 6.07) is 14.5.